The smallest absolute Gasteiger partial charge is 0.251 e. The number of benzene rings is 2. The molecular formula is C24H30N4O2. The summed E-state index contributed by atoms with van der Waals surface area (Å²) in [6, 6.07) is 13.5. The molecule has 158 valence electrons. The molecule has 1 saturated carbocycles. The molecule has 1 aliphatic carbocycles. The van der Waals surface area contributed by atoms with Gasteiger partial charge in [-0.15, -0.1) is 0 Å². The van der Waals surface area contributed by atoms with E-state index < -0.39 is 0 Å². The molecule has 1 unspecified atom stereocenters. The lowest BCUT2D eigenvalue weighted by molar-refractivity contribution is -0.116. The van der Waals surface area contributed by atoms with Crippen LogP contribution in [0.4, 0.5) is 11.4 Å². The monoisotopic (exact) mass is 406 g/mol. The summed E-state index contributed by atoms with van der Waals surface area (Å²) in [5.41, 5.74) is 9.82. The predicted molar refractivity (Wildman–Crippen MR) is 119 cm³/mol. The fourth-order valence-electron chi connectivity index (χ4n) is 4.54. The number of nitrogens with two attached hydrogens (primary N) is 1. The van der Waals surface area contributed by atoms with Crippen LogP contribution in [0, 0.1) is 5.92 Å². The largest absolute Gasteiger partial charge is 0.380 e. The van der Waals surface area contributed by atoms with Gasteiger partial charge in [-0.3, -0.25) is 9.59 Å². The highest BCUT2D eigenvalue weighted by atomic mass is 16.2. The Kier molecular flexibility index (Phi) is 6.33. The van der Waals surface area contributed by atoms with E-state index in [1.807, 2.05) is 36.4 Å². The molecule has 2 amide bonds. The average molecular weight is 407 g/mol. The topological polar surface area (TPSA) is 96.2 Å². The van der Waals surface area contributed by atoms with Gasteiger partial charge in [0.25, 0.3) is 5.91 Å². The summed E-state index contributed by atoms with van der Waals surface area (Å²) >= 11 is 0. The van der Waals surface area contributed by atoms with Crippen LogP contribution in [0.3, 0.4) is 0 Å². The molecular weight excluding hydrogens is 376 g/mol. The Morgan fingerprint density at radius 3 is 2.63 bits per heavy atom. The van der Waals surface area contributed by atoms with E-state index in [1.165, 1.54) is 32.1 Å². The molecule has 6 nitrogen and oxygen atoms in total. The number of carbonyl (C=O) groups is 2. The van der Waals surface area contributed by atoms with Crippen molar-refractivity contribution in [3.05, 3.63) is 59.2 Å². The predicted octanol–water partition coefficient (Wildman–Crippen LogP) is 3.78. The van der Waals surface area contributed by atoms with E-state index in [4.69, 9.17) is 5.73 Å². The molecule has 30 heavy (non-hydrogen) atoms. The van der Waals surface area contributed by atoms with E-state index in [0.29, 0.717) is 36.7 Å². The normalized spacial score (nSPS) is 19.2. The standard InChI is InChI=1S/C24H30N4O2/c25-14-16-5-4-6-17(11-16)15-26-24(30)19-9-10-20-22(12-19)28-23(29)13-21(27-20)18-7-2-1-3-8-18/h4-6,9-12,18,21,27H,1-3,7-8,13-15,25H2,(H,26,30)(H,28,29). The van der Waals surface area contributed by atoms with Gasteiger partial charge in [0.15, 0.2) is 0 Å². The second-order valence-electron chi connectivity index (χ2n) is 8.37. The maximum atomic E-state index is 12.7. The molecule has 4 rings (SSSR count). The lowest BCUT2D eigenvalue weighted by atomic mass is 9.82. The van der Waals surface area contributed by atoms with Crippen molar-refractivity contribution in [1.82, 2.24) is 5.32 Å². The fourth-order valence-corrected chi connectivity index (χ4v) is 4.54. The molecule has 0 radical (unpaired) electrons. The Morgan fingerprint density at radius 2 is 1.83 bits per heavy atom. The van der Waals surface area contributed by atoms with Crippen molar-refractivity contribution >= 4 is 23.2 Å². The summed E-state index contributed by atoms with van der Waals surface area (Å²) in [5.74, 6) is 0.369. The minimum absolute atomic E-state index is 0.00739. The van der Waals surface area contributed by atoms with E-state index in [1.54, 1.807) is 6.07 Å². The van der Waals surface area contributed by atoms with E-state index in [-0.39, 0.29) is 17.9 Å². The molecule has 1 fully saturated rings. The zero-order valence-corrected chi connectivity index (χ0v) is 17.2. The van der Waals surface area contributed by atoms with Gasteiger partial charge in [-0.1, -0.05) is 43.5 Å². The van der Waals surface area contributed by atoms with Crippen molar-refractivity contribution in [2.75, 3.05) is 10.6 Å². The van der Waals surface area contributed by atoms with Crippen LogP contribution in [0.1, 0.15) is 60.0 Å². The Hall–Kier alpha value is -2.86. The molecule has 0 saturated heterocycles. The quantitative estimate of drug-likeness (QED) is 0.608. The molecule has 2 aromatic rings. The minimum Gasteiger partial charge on any atom is -0.380 e. The number of fused-ring (bicyclic) bond motifs is 1. The number of carbonyl (C=O) groups excluding carboxylic acids is 2. The summed E-state index contributed by atoms with van der Waals surface area (Å²) in [5, 5.41) is 9.50. The van der Waals surface area contributed by atoms with Gasteiger partial charge in [0, 0.05) is 31.1 Å². The number of nitrogens with one attached hydrogen (secondary N) is 3. The highest BCUT2D eigenvalue weighted by Gasteiger charge is 2.29. The van der Waals surface area contributed by atoms with Crippen LogP contribution in [0.15, 0.2) is 42.5 Å². The third kappa shape index (κ3) is 4.82. The molecule has 0 spiro atoms. The van der Waals surface area contributed by atoms with Crippen LogP contribution < -0.4 is 21.7 Å². The van der Waals surface area contributed by atoms with Crippen LogP contribution in [0.5, 0.6) is 0 Å². The second kappa shape index (κ2) is 9.30. The molecule has 0 bridgehead atoms. The Bertz CT molecular complexity index is 921. The van der Waals surface area contributed by atoms with Gasteiger partial charge in [-0.2, -0.15) is 0 Å². The molecule has 1 heterocycles. The molecule has 0 aromatic heterocycles. The molecule has 1 atom stereocenters. The zero-order valence-electron chi connectivity index (χ0n) is 17.2. The summed E-state index contributed by atoms with van der Waals surface area (Å²) in [4.78, 5) is 25.2. The van der Waals surface area contributed by atoms with Crippen molar-refractivity contribution in [1.29, 1.82) is 0 Å². The van der Waals surface area contributed by atoms with Crippen molar-refractivity contribution in [2.24, 2.45) is 11.7 Å². The van der Waals surface area contributed by atoms with E-state index in [0.717, 1.165) is 16.8 Å². The Morgan fingerprint density at radius 1 is 1.03 bits per heavy atom. The van der Waals surface area contributed by atoms with Gasteiger partial charge in [0.2, 0.25) is 5.91 Å². The SMILES string of the molecule is NCc1cccc(CNC(=O)c2ccc3c(c2)NC(=O)CC(C2CCCCC2)N3)c1. The van der Waals surface area contributed by atoms with Crippen molar-refractivity contribution in [2.45, 2.75) is 57.7 Å². The third-order valence-corrected chi connectivity index (χ3v) is 6.20. The Balaban J connectivity index is 1.45. The van der Waals surface area contributed by atoms with Gasteiger partial charge in [-0.05, 0) is 48.1 Å². The van der Waals surface area contributed by atoms with Crippen LogP contribution in [0.2, 0.25) is 0 Å². The highest BCUT2D eigenvalue weighted by Crippen LogP contribution is 2.34. The van der Waals surface area contributed by atoms with Crippen molar-refractivity contribution in [3.8, 4) is 0 Å². The zero-order chi connectivity index (χ0) is 20.9. The van der Waals surface area contributed by atoms with E-state index in [2.05, 4.69) is 16.0 Å². The molecule has 5 N–H and O–H groups in total. The van der Waals surface area contributed by atoms with Gasteiger partial charge >= 0.3 is 0 Å². The Labute approximate surface area is 177 Å². The first-order chi connectivity index (χ1) is 14.6. The number of amides is 2. The summed E-state index contributed by atoms with van der Waals surface area (Å²) in [7, 11) is 0. The van der Waals surface area contributed by atoms with Crippen LogP contribution in [-0.2, 0) is 17.9 Å². The van der Waals surface area contributed by atoms with Gasteiger partial charge in [0.05, 0.1) is 11.4 Å². The average Bonchev–Trinajstić information content (AvgIpc) is 2.95. The van der Waals surface area contributed by atoms with Crippen LogP contribution >= 0.6 is 0 Å². The second-order valence-corrected chi connectivity index (χ2v) is 8.37. The molecule has 6 heteroatoms. The van der Waals surface area contributed by atoms with Crippen LogP contribution in [-0.4, -0.2) is 17.9 Å². The summed E-state index contributed by atoms with van der Waals surface area (Å²) in [6.45, 7) is 0.902. The van der Waals surface area contributed by atoms with E-state index >= 15 is 0 Å². The van der Waals surface area contributed by atoms with Crippen molar-refractivity contribution in [3.63, 3.8) is 0 Å². The van der Waals surface area contributed by atoms with Gasteiger partial charge in [0.1, 0.15) is 0 Å². The first-order valence-corrected chi connectivity index (χ1v) is 10.9. The number of hydrogen-bond donors (Lipinski definition) is 4. The molecule has 2 aliphatic rings. The van der Waals surface area contributed by atoms with Gasteiger partial charge in [-0.25, -0.2) is 0 Å². The number of rotatable bonds is 5. The molecule has 1 aliphatic heterocycles. The third-order valence-electron chi connectivity index (χ3n) is 6.20. The number of hydrogen-bond acceptors (Lipinski definition) is 4. The fraction of sp³-hybridized carbons (Fsp3) is 0.417. The van der Waals surface area contributed by atoms with Crippen LogP contribution in [0.25, 0.3) is 0 Å². The summed E-state index contributed by atoms with van der Waals surface area (Å²) < 4.78 is 0. The lowest BCUT2D eigenvalue weighted by Gasteiger charge is -2.30. The van der Waals surface area contributed by atoms with Gasteiger partial charge < -0.3 is 21.7 Å². The maximum Gasteiger partial charge on any atom is 0.251 e. The number of anilines is 2. The first kappa shape index (κ1) is 20.4. The maximum absolute atomic E-state index is 12.7. The summed E-state index contributed by atoms with van der Waals surface area (Å²) in [6.07, 6.45) is 6.59. The first-order valence-electron chi connectivity index (χ1n) is 10.9. The lowest BCUT2D eigenvalue weighted by Crippen LogP contribution is -2.32. The molecule has 2 aromatic carbocycles. The minimum atomic E-state index is -0.168. The highest BCUT2D eigenvalue weighted by molar-refractivity contribution is 6.01. The van der Waals surface area contributed by atoms with E-state index in [9.17, 15) is 9.59 Å². The van der Waals surface area contributed by atoms with Crippen molar-refractivity contribution < 1.29 is 9.59 Å².